The fourth-order valence-electron chi connectivity index (χ4n) is 1.90. The molecule has 0 bridgehead atoms. The summed E-state index contributed by atoms with van der Waals surface area (Å²) in [5, 5.41) is 3.46. The highest BCUT2D eigenvalue weighted by Gasteiger charge is 2.00. The number of hydrogen-bond acceptors (Lipinski definition) is 3. The number of aryl methyl sites for hydroxylation is 1. The van der Waals surface area contributed by atoms with Crippen molar-refractivity contribution in [1.29, 1.82) is 0 Å². The van der Waals surface area contributed by atoms with Gasteiger partial charge in [-0.3, -0.25) is 0 Å². The molecule has 0 fully saturated rings. The fourth-order valence-corrected chi connectivity index (χ4v) is 2.31. The molecule has 0 radical (unpaired) electrons. The Labute approximate surface area is 119 Å². The van der Waals surface area contributed by atoms with Crippen LogP contribution in [-0.4, -0.2) is 13.4 Å². The number of benzene rings is 2. The lowest BCUT2D eigenvalue weighted by Gasteiger charge is -2.11. The first-order chi connectivity index (χ1) is 9.22. The summed E-state index contributed by atoms with van der Waals surface area (Å²) in [5.74, 6) is 0.896. The van der Waals surface area contributed by atoms with Gasteiger partial charge in [-0.05, 0) is 54.6 Å². The van der Waals surface area contributed by atoms with Gasteiger partial charge in [0.15, 0.2) is 0 Å². The van der Waals surface area contributed by atoms with E-state index in [2.05, 4.69) is 48.8 Å². The third kappa shape index (κ3) is 3.67. The highest BCUT2D eigenvalue weighted by atomic mass is 32.2. The van der Waals surface area contributed by atoms with Crippen molar-refractivity contribution in [2.75, 3.05) is 18.7 Å². The summed E-state index contributed by atoms with van der Waals surface area (Å²) < 4.78 is 5.21. The predicted octanol–water partition coefficient (Wildman–Crippen LogP) is 4.34. The first kappa shape index (κ1) is 13.8. The zero-order chi connectivity index (χ0) is 13.7. The highest BCUT2D eigenvalue weighted by Crippen LogP contribution is 2.22. The van der Waals surface area contributed by atoms with Crippen LogP contribution in [0.1, 0.15) is 11.1 Å². The molecule has 0 heterocycles. The van der Waals surface area contributed by atoms with Gasteiger partial charge in [0.05, 0.1) is 7.11 Å². The highest BCUT2D eigenvalue weighted by molar-refractivity contribution is 7.98. The van der Waals surface area contributed by atoms with Gasteiger partial charge in [-0.15, -0.1) is 11.8 Å². The lowest BCUT2D eigenvalue weighted by Crippen LogP contribution is -2.01. The molecule has 0 aliphatic heterocycles. The van der Waals surface area contributed by atoms with Gasteiger partial charge in [-0.2, -0.15) is 0 Å². The van der Waals surface area contributed by atoms with Crippen LogP contribution < -0.4 is 10.1 Å². The number of ether oxygens (including phenoxy) is 1. The molecule has 0 aliphatic carbocycles. The van der Waals surface area contributed by atoms with Crippen LogP contribution in [0.4, 0.5) is 5.69 Å². The largest absolute Gasteiger partial charge is 0.497 e. The van der Waals surface area contributed by atoms with Crippen molar-refractivity contribution in [2.24, 2.45) is 0 Å². The van der Waals surface area contributed by atoms with Gasteiger partial charge in [0, 0.05) is 17.1 Å². The molecule has 0 amide bonds. The summed E-state index contributed by atoms with van der Waals surface area (Å²) in [6.07, 6.45) is 2.09. The number of rotatable bonds is 5. The van der Waals surface area contributed by atoms with Crippen molar-refractivity contribution in [2.45, 2.75) is 18.4 Å². The van der Waals surface area contributed by atoms with Crippen molar-refractivity contribution in [3.63, 3.8) is 0 Å². The minimum Gasteiger partial charge on any atom is -0.497 e. The summed E-state index contributed by atoms with van der Waals surface area (Å²) in [5.41, 5.74) is 3.63. The maximum Gasteiger partial charge on any atom is 0.119 e. The molecule has 0 saturated heterocycles. The van der Waals surface area contributed by atoms with Gasteiger partial charge in [0.1, 0.15) is 5.75 Å². The van der Waals surface area contributed by atoms with Crippen LogP contribution in [0.3, 0.4) is 0 Å². The Bertz CT molecular complexity index is 537. The molecule has 3 heteroatoms. The molecule has 2 aromatic carbocycles. The number of thioether (sulfide) groups is 1. The van der Waals surface area contributed by atoms with Gasteiger partial charge in [0.2, 0.25) is 0 Å². The number of hydrogen-bond donors (Lipinski definition) is 1. The SMILES string of the molecule is COc1ccc(NCc2ccc(SC)cc2)c(C)c1. The molecule has 19 heavy (non-hydrogen) atoms. The van der Waals surface area contributed by atoms with Gasteiger partial charge in [-0.1, -0.05) is 12.1 Å². The summed E-state index contributed by atoms with van der Waals surface area (Å²) in [6, 6.07) is 14.7. The second-order valence-corrected chi connectivity index (χ2v) is 5.26. The van der Waals surface area contributed by atoms with Crippen LogP contribution in [0.2, 0.25) is 0 Å². The van der Waals surface area contributed by atoms with E-state index in [0.29, 0.717) is 0 Å². The van der Waals surface area contributed by atoms with E-state index in [9.17, 15) is 0 Å². The Morgan fingerprint density at radius 2 is 1.84 bits per heavy atom. The van der Waals surface area contributed by atoms with Crippen LogP contribution in [0.15, 0.2) is 47.4 Å². The first-order valence-corrected chi connectivity index (χ1v) is 7.47. The quantitative estimate of drug-likeness (QED) is 0.819. The fraction of sp³-hybridized carbons (Fsp3) is 0.250. The van der Waals surface area contributed by atoms with E-state index in [1.165, 1.54) is 16.0 Å². The first-order valence-electron chi connectivity index (χ1n) is 6.24. The predicted molar refractivity (Wildman–Crippen MR) is 83.3 cm³/mol. The topological polar surface area (TPSA) is 21.3 Å². The van der Waals surface area contributed by atoms with Crippen LogP contribution in [0, 0.1) is 6.92 Å². The summed E-state index contributed by atoms with van der Waals surface area (Å²) in [7, 11) is 1.69. The molecule has 2 nitrogen and oxygen atoms in total. The van der Waals surface area contributed by atoms with Gasteiger partial charge in [-0.25, -0.2) is 0 Å². The number of anilines is 1. The van der Waals surface area contributed by atoms with E-state index < -0.39 is 0 Å². The molecule has 0 saturated carbocycles. The molecular weight excluding hydrogens is 254 g/mol. The van der Waals surface area contributed by atoms with Crippen molar-refractivity contribution < 1.29 is 4.74 Å². The van der Waals surface area contributed by atoms with Gasteiger partial charge < -0.3 is 10.1 Å². The molecule has 0 aromatic heterocycles. The molecule has 1 N–H and O–H groups in total. The summed E-state index contributed by atoms with van der Waals surface area (Å²) in [4.78, 5) is 1.30. The Kier molecular flexibility index (Phi) is 4.74. The Morgan fingerprint density at radius 1 is 1.11 bits per heavy atom. The smallest absolute Gasteiger partial charge is 0.119 e. The molecule has 2 aromatic rings. The lowest BCUT2D eigenvalue weighted by molar-refractivity contribution is 0.414. The van der Waals surface area contributed by atoms with E-state index in [1.807, 2.05) is 12.1 Å². The number of methoxy groups -OCH3 is 1. The Morgan fingerprint density at radius 3 is 2.42 bits per heavy atom. The normalized spacial score (nSPS) is 10.3. The van der Waals surface area contributed by atoms with E-state index >= 15 is 0 Å². The minimum absolute atomic E-state index is 0.835. The van der Waals surface area contributed by atoms with Gasteiger partial charge in [0.25, 0.3) is 0 Å². The molecule has 0 unspecified atom stereocenters. The van der Waals surface area contributed by atoms with E-state index in [1.54, 1.807) is 18.9 Å². The second kappa shape index (κ2) is 6.53. The van der Waals surface area contributed by atoms with Crippen LogP contribution in [0.5, 0.6) is 5.75 Å². The van der Waals surface area contributed by atoms with E-state index in [0.717, 1.165) is 18.0 Å². The van der Waals surface area contributed by atoms with Gasteiger partial charge >= 0.3 is 0 Å². The van der Waals surface area contributed by atoms with E-state index in [-0.39, 0.29) is 0 Å². The maximum atomic E-state index is 5.21. The molecule has 2 rings (SSSR count). The Balaban J connectivity index is 2.01. The van der Waals surface area contributed by atoms with Crippen molar-refractivity contribution in [1.82, 2.24) is 0 Å². The average molecular weight is 273 g/mol. The van der Waals surface area contributed by atoms with Crippen LogP contribution in [-0.2, 0) is 6.54 Å². The van der Waals surface area contributed by atoms with Crippen molar-refractivity contribution in [3.05, 3.63) is 53.6 Å². The van der Waals surface area contributed by atoms with Crippen LogP contribution >= 0.6 is 11.8 Å². The van der Waals surface area contributed by atoms with Crippen LogP contribution in [0.25, 0.3) is 0 Å². The third-order valence-electron chi connectivity index (χ3n) is 3.08. The van der Waals surface area contributed by atoms with Crippen molar-refractivity contribution >= 4 is 17.4 Å². The zero-order valence-corrected chi connectivity index (χ0v) is 12.4. The molecule has 0 aliphatic rings. The Hall–Kier alpha value is -1.61. The third-order valence-corrected chi connectivity index (χ3v) is 3.82. The number of nitrogens with one attached hydrogen (secondary N) is 1. The van der Waals surface area contributed by atoms with Crippen molar-refractivity contribution in [3.8, 4) is 5.75 Å². The monoisotopic (exact) mass is 273 g/mol. The average Bonchev–Trinajstić information content (AvgIpc) is 2.46. The molecular formula is C16H19NOS. The molecule has 100 valence electrons. The summed E-state index contributed by atoms with van der Waals surface area (Å²) >= 11 is 1.76. The zero-order valence-electron chi connectivity index (χ0n) is 11.6. The summed E-state index contributed by atoms with van der Waals surface area (Å²) in [6.45, 7) is 2.92. The van der Waals surface area contributed by atoms with E-state index in [4.69, 9.17) is 4.74 Å². The molecule has 0 atom stereocenters. The second-order valence-electron chi connectivity index (χ2n) is 4.38. The lowest BCUT2D eigenvalue weighted by atomic mass is 10.1. The standard InChI is InChI=1S/C16H19NOS/c1-12-10-14(18-2)6-9-16(12)17-11-13-4-7-15(19-3)8-5-13/h4-10,17H,11H2,1-3H3. The minimum atomic E-state index is 0.835. The molecule has 0 spiro atoms. The maximum absolute atomic E-state index is 5.21.